The molecule has 5 heteroatoms. The van der Waals surface area contributed by atoms with Crippen LogP contribution in [0.15, 0.2) is 122 Å². The van der Waals surface area contributed by atoms with Gasteiger partial charge in [-0.05, 0) is 12.1 Å². The summed E-state index contributed by atoms with van der Waals surface area (Å²) in [5.41, 5.74) is 4.36. The first-order chi connectivity index (χ1) is 22.2. The summed E-state index contributed by atoms with van der Waals surface area (Å²) in [7, 11) is 0. The minimum atomic E-state index is 0.190. The van der Waals surface area contributed by atoms with E-state index >= 15 is 0 Å². The highest BCUT2D eigenvalue weighted by Gasteiger charge is 2.27. The summed E-state index contributed by atoms with van der Waals surface area (Å²) in [6, 6.07) is 35.4. The van der Waals surface area contributed by atoms with Crippen LogP contribution in [0.1, 0.15) is 0 Å². The normalized spacial score (nSPS) is 12.6. The van der Waals surface area contributed by atoms with Crippen LogP contribution in [0.3, 0.4) is 0 Å². The van der Waals surface area contributed by atoms with Gasteiger partial charge in [0, 0.05) is 75.4 Å². The Kier molecular flexibility index (Phi) is 4.06. The summed E-state index contributed by atoms with van der Waals surface area (Å²) >= 11 is 0. The molecule has 45 heavy (non-hydrogen) atoms. The molecule has 0 saturated heterocycles. The molecule has 2 N–H and O–H groups in total. The van der Waals surface area contributed by atoms with Crippen LogP contribution in [0.2, 0.25) is 0 Å². The molecule has 0 aliphatic carbocycles. The zero-order valence-electron chi connectivity index (χ0n) is 23.5. The van der Waals surface area contributed by atoms with Crippen LogP contribution < -0.4 is 0 Å². The fourth-order valence-corrected chi connectivity index (χ4v) is 7.72. The minimum absolute atomic E-state index is 0.190. The molecule has 0 aliphatic heterocycles. The van der Waals surface area contributed by atoms with Crippen LogP contribution in [0.25, 0.3) is 109 Å². The molecule has 0 bridgehead atoms. The van der Waals surface area contributed by atoms with Gasteiger partial charge in [-0.1, -0.05) is 97.1 Å². The van der Waals surface area contributed by atoms with Gasteiger partial charge in [-0.15, -0.1) is 0 Å². The molecular weight excluding hydrogens is 560 g/mol. The maximum absolute atomic E-state index is 11.2. The minimum Gasteiger partial charge on any atom is -0.507 e. The van der Waals surface area contributed by atoms with Crippen molar-refractivity contribution in [3.63, 3.8) is 0 Å². The Balaban J connectivity index is 1.52. The zero-order valence-corrected chi connectivity index (χ0v) is 23.5. The Morgan fingerprint density at radius 3 is 0.911 bits per heavy atom. The summed E-state index contributed by atoms with van der Waals surface area (Å²) < 4.78 is 20.5. The molecule has 3 heterocycles. The Morgan fingerprint density at radius 1 is 0.289 bits per heavy atom. The molecule has 0 aliphatic rings. The van der Waals surface area contributed by atoms with Crippen molar-refractivity contribution in [3.8, 4) is 11.5 Å². The SMILES string of the molecule is Oc1cc2c(oc3c4ccccc4c4oc5c6ccccc6c6oc7c8ccccc8c(O)cc7c6c5c4c23)c2ccccc12. The number of furan rings is 3. The number of aromatic hydroxyl groups is 2. The number of hydrogen-bond acceptors (Lipinski definition) is 5. The van der Waals surface area contributed by atoms with E-state index < -0.39 is 0 Å². The molecule has 3 aromatic heterocycles. The smallest absolute Gasteiger partial charge is 0.144 e. The van der Waals surface area contributed by atoms with Crippen molar-refractivity contribution in [2.45, 2.75) is 0 Å². The standard InChI is InChI=1S/C40H20O5/c41-29-17-27-31-33-34-32-28-18-30(42)20-10-2-4-12-22(20)36(28)44-38(32)24-14-6-8-16-26(24)40(34)45-39(33)25-15-7-5-13-23(25)37(31)43-35(27)21-11-3-1-9-19(21)29/h1-18,41-42H. The fourth-order valence-electron chi connectivity index (χ4n) is 7.72. The van der Waals surface area contributed by atoms with Crippen LogP contribution in [0, 0.1) is 0 Å². The van der Waals surface area contributed by atoms with E-state index in [2.05, 4.69) is 24.3 Å². The predicted octanol–water partition coefficient (Wildman–Crippen LogP) is 11.4. The zero-order chi connectivity index (χ0) is 29.6. The van der Waals surface area contributed by atoms with Gasteiger partial charge in [0.15, 0.2) is 0 Å². The second kappa shape index (κ2) is 7.84. The lowest BCUT2D eigenvalue weighted by molar-refractivity contribution is 0.481. The molecule has 0 atom stereocenters. The number of phenolic OH excluding ortho intramolecular Hbond substituents is 2. The number of fused-ring (bicyclic) bond motifs is 21. The van der Waals surface area contributed by atoms with Gasteiger partial charge in [-0.25, -0.2) is 0 Å². The number of hydrogen-bond donors (Lipinski definition) is 2. The Bertz CT molecular complexity index is 2910. The number of phenols is 2. The summed E-state index contributed by atoms with van der Waals surface area (Å²) in [5, 5.41) is 34.5. The largest absolute Gasteiger partial charge is 0.507 e. The molecule has 8 aromatic carbocycles. The van der Waals surface area contributed by atoms with Gasteiger partial charge in [0.1, 0.15) is 45.0 Å². The van der Waals surface area contributed by atoms with Gasteiger partial charge < -0.3 is 23.5 Å². The Morgan fingerprint density at radius 2 is 0.556 bits per heavy atom. The molecule has 11 aromatic rings. The molecule has 5 nitrogen and oxygen atoms in total. The van der Waals surface area contributed by atoms with Crippen molar-refractivity contribution in [1.82, 2.24) is 0 Å². The molecule has 0 spiro atoms. The third-order valence-corrected chi connectivity index (χ3v) is 9.59. The summed E-state index contributed by atoms with van der Waals surface area (Å²) in [5.74, 6) is 0.381. The third kappa shape index (κ3) is 2.71. The first-order valence-electron chi connectivity index (χ1n) is 14.9. The van der Waals surface area contributed by atoms with Crippen molar-refractivity contribution in [3.05, 3.63) is 109 Å². The van der Waals surface area contributed by atoms with Gasteiger partial charge in [-0.2, -0.15) is 0 Å². The highest BCUT2D eigenvalue weighted by atomic mass is 16.3. The average molecular weight is 581 g/mol. The molecular formula is C40H20O5. The van der Waals surface area contributed by atoms with E-state index in [0.717, 1.165) is 97.7 Å². The van der Waals surface area contributed by atoms with E-state index in [9.17, 15) is 10.2 Å². The van der Waals surface area contributed by atoms with Crippen LogP contribution in [-0.4, -0.2) is 10.2 Å². The van der Waals surface area contributed by atoms with Crippen LogP contribution in [0.4, 0.5) is 0 Å². The molecule has 0 unspecified atom stereocenters. The molecule has 11 rings (SSSR count). The van der Waals surface area contributed by atoms with Gasteiger partial charge in [0.25, 0.3) is 0 Å². The summed E-state index contributed by atoms with van der Waals surface area (Å²) in [6.45, 7) is 0. The van der Waals surface area contributed by atoms with Crippen LogP contribution in [0.5, 0.6) is 11.5 Å². The van der Waals surface area contributed by atoms with Gasteiger partial charge >= 0.3 is 0 Å². The average Bonchev–Trinajstić information content (AvgIpc) is 3.77. The van der Waals surface area contributed by atoms with E-state index in [1.807, 2.05) is 84.9 Å². The second-order valence-corrected chi connectivity index (χ2v) is 11.8. The lowest BCUT2D eigenvalue weighted by Gasteiger charge is -2.04. The molecule has 0 fully saturated rings. The van der Waals surface area contributed by atoms with Crippen molar-refractivity contribution >= 4 is 109 Å². The van der Waals surface area contributed by atoms with Crippen molar-refractivity contribution in [2.24, 2.45) is 0 Å². The second-order valence-electron chi connectivity index (χ2n) is 11.8. The quantitative estimate of drug-likeness (QED) is 0.186. The maximum atomic E-state index is 11.2. The summed E-state index contributed by atoms with van der Waals surface area (Å²) in [4.78, 5) is 0. The van der Waals surface area contributed by atoms with Gasteiger partial charge in [-0.3, -0.25) is 0 Å². The lowest BCUT2D eigenvalue weighted by Crippen LogP contribution is -1.80. The topological polar surface area (TPSA) is 79.9 Å². The number of rotatable bonds is 0. The monoisotopic (exact) mass is 580 g/mol. The molecule has 0 radical (unpaired) electrons. The van der Waals surface area contributed by atoms with Gasteiger partial charge in [0.2, 0.25) is 0 Å². The van der Waals surface area contributed by atoms with E-state index in [0.29, 0.717) is 11.2 Å². The molecule has 0 amide bonds. The third-order valence-electron chi connectivity index (χ3n) is 9.59. The number of benzene rings is 8. The van der Waals surface area contributed by atoms with Crippen LogP contribution in [-0.2, 0) is 0 Å². The lowest BCUT2D eigenvalue weighted by atomic mass is 9.94. The highest BCUT2D eigenvalue weighted by Crippen LogP contribution is 2.52. The molecule has 210 valence electrons. The highest BCUT2D eigenvalue weighted by molar-refractivity contribution is 6.43. The summed E-state index contributed by atoms with van der Waals surface area (Å²) in [6.07, 6.45) is 0. The van der Waals surface area contributed by atoms with E-state index in [-0.39, 0.29) is 11.5 Å². The van der Waals surface area contributed by atoms with Crippen LogP contribution >= 0.6 is 0 Å². The van der Waals surface area contributed by atoms with E-state index in [4.69, 9.17) is 13.3 Å². The van der Waals surface area contributed by atoms with Crippen molar-refractivity contribution in [2.75, 3.05) is 0 Å². The molecule has 0 saturated carbocycles. The van der Waals surface area contributed by atoms with Gasteiger partial charge in [0.05, 0.1) is 0 Å². The first kappa shape index (κ1) is 23.3. The van der Waals surface area contributed by atoms with E-state index in [1.54, 1.807) is 0 Å². The van der Waals surface area contributed by atoms with Crippen molar-refractivity contribution < 1.29 is 23.5 Å². The fraction of sp³-hybridized carbons (Fsp3) is 0. The van der Waals surface area contributed by atoms with Crippen molar-refractivity contribution in [1.29, 1.82) is 0 Å². The first-order valence-corrected chi connectivity index (χ1v) is 14.9. The Labute approximate surface area is 252 Å². The Hall–Kier alpha value is -6.20. The predicted molar refractivity (Wildman–Crippen MR) is 182 cm³/mol. The van der Waals surface area contributed by atoms with E-state index in [1.165, 1.54) is 0 Å². The maximum Gasteiger partial charge on any atom is 0.144 e.